The highest BCUT2D eigenvalue weighted by Crippen LogP contribution is 2.19. The van der Waals surface area contributed by atoms with Gasteiger partial charge in [0.25, 0.3) is 0 Å². The third kappa shape index (κ3) is 2.99. The Morgan fingerprint density at radius 2 is 1.72 bits per heavy atom. The van der Waals surface area contributed by atoms with E-state index >= 15 is 0 Å². The molecule has 2 aromatic rings. The van der Waals surface area contributed by atoms with Crippen molar-refractivity contribution in [2.45, 2.75) is 33.2 Å². The minimum atomic E-state index is 0.0751. The molecule has 0 fully saturated rings. The van der Waals surface area contributed by atoms with Crippen molar-refractivity contribution >= 4 is 0 Å². The van der Waals surface area contributed by atoms with Gasteiger partial charge in [-0.25, -0.2) is 0 Å². The molecule has 0 heterocycles. The molecule has 18 heavy (non-hydrogen) atoms. The quantitative estimate of drug-likeness (QED) is 0.865. The van der Waals surface area contributed by atoms with Crippen LogP contribution in [0.1, 0.15) is 33.9 Å². The lowest BCUT2D eigenvalue weighted by Gasteiger charge is -2.14. The van der Waals surface area contributed by atoms with Crippen molar-refractivity contribution in [3.05, 3.63) is 70.3 Å². The van der Waals surface area contributed by atoms with Crippen molar-refractivity contribution in [1.29, 1.82) is 0 Å². The predicted molar refractivity (Wildman–Crippen MR) is 77.7 cm³/mol. The Kier molecular flexibility index (Phi) is 3.83. The molecule has 1 nitrogen and oxygen atoms in total. The molecule has 0 spiro atoms. The fourth-order valence-electron chi connectivity index (χ4n) is 2.21. The molecule has 2 N–H and O–H groups in total. The largest absolute Gasteiger partial charge is 0.324 e. The fourth-order valence-corrected chi connectivity index (χ4v) is 2.21. The van der Waals surface area contributed by atoms with Crippen LogP contribution in [0.15, 0.2) is 42.5 Å². The molecule has 1 heteroatoms. The van der Waals surface area contributed by atoms with E-state index in [9.17, 15) is 0 Å². The zero-order valence-corrected chi connectivity index (χ0v) is 11.4. The lowest BCUT2D eigenvalue weighted by molar-refractivity contribution is 0.720. The summed E-state index contributed by atoms with van der Waals surface area (Å²) >= 11 is 0. The summed E-state index contributed by atoms with van der Waals surface area (Å²) in [5.74, 6) is 0. The van der Waals surface area contributed by atoms with Crippen molar-refractivity contribution in [2.24, 2.45) is 5.73 Å². The van der Waals surface area contributed by atoms with Crippen molar-refractivity contribution < 1.29 is 0 Å². The molecule has 0 amide bonds. The zero-order chi connectivity index (χ0) is 13.1. The first kappa shape index (κ1) is 12.8. The molecule has 1 atom stereocenters. The van der Waals surface area contributed by atoms with Crippen LogP contribution in [0.25, 0.3) is 0 Å². The monoisotopic (exact) mass is 239 g/mol. The molecule has 0 aromatic heterocycles. The topological polar surface area (TPSA) is 26.0 Å². The van der Waals surface area contributed by atoms with E-state index in [1.807, 2.05) is 0 Å². The number of nitrogens with two attached hydrogens (primary N) is 1. The summed E-state index contributed by atoms with van der Waals surface area (Å²) in [5.41, 5.74) is 12.7. The van der Waals surface area contributed by atoms with E-state index < -0.39 is 0 Å². The SMILES string of the molecule is Cc1cccc(CC(N)c2ccc(C)c(C)c2)c1. The zero-order valence-electron chi connectivity index (χ0n) is 11.4. The van der Waals surface area contributed by atoms with E-state index in [1.54, 1.807) is 0 Å². The number of rotatable bonds is 3. The van der Waals surface area contributed by atoms with E-state index in [4.69, 9.17) is 5.73 Å². The van der Waals surface area contributed by atoms with Crippen LogP contribution in [0.4, 0.5) is 0 Å². The average molecular weight is 239 g/mol. The van der Waals surface area contributed by atoms with E-state index in [-0.39, 0.29) is 6.04 Å². The van der Waals surface area contributed by atoms with Crippen LogP contribution < -0.4 is 5.73 Å². The van der Waals surface area contributed by atoms with E-state index in [0.29, 0.717) is 0 Å². The predicted octanol–water partition coefficient (Wildman–Crippen LogP) is 3.85. The molecule has 94 valence electrons. The second-order valence-electron chi connectivity index (χ2n) is 5.14. The highest BCUT2D eigenvalue weighted by molar-refractivity contribution is 5.33. The van der Waals surface area contributed by atoms with Gasteiger partial charge in [0.15, 0.2) is 0 Å². The van der Waals surface area contributed by atoms with Gasteiger partial charge in [-0.1, -0.05) is 48.0 Å². The van der Waals surface area contributed by atoms with Crippen LogP contribution in [0, 0.1) is 20.8 Å². The van der Waals surface area contributed by atoms with Crippen LogP contribution in [-0.2, 0) is 6.42 Å². The number of hydrogen-bond donors (Lipinski definition) is 1. The van der Waals surface area contributed by atoms with Gasteiger partial charge in [-0.15, -0.1) is 0 Å². The third-order valence-electron chi connectivity index (χ3n) is 3.50. The molecule has 0 saturated heterocycles. The maximum absolute atomic E-state index is 6.30. The Morgan fingerprint density at radius 1 is 0.944 bits per heavy atom. The molecule has 0 saturated carbocycles. The van der Waals surface area contributed by atoms with Crippen molar-refractivity contribution in [3.63, 3.8) is 0 Å². The third-order valence-corrected chi connectivity index (χ3v) is 3.50. The number of hydrogen-bond acceptors (Lipinski definition) is 1. The Bertz CT molecular complexity index is 543. The normalized spacial score (nSPS) is 12.4. The van der Waals surface area contributed by atoms with Gasteiger partial charge in [0, 0.05) is 6.04 Å². The van der Waals surface area contributed by atoms with Gasteiger partial charge in [-0.05, 0) is 49.4 Å². The first-order valence-electron chi connectivity index (χ1n) is 6.44. The number of aryl methyl sites for hydroxylation is 3. The van der Waals surface area contributed by atoms with Crippen LogP contribution in [-0.4, -0.2) is 0 Å². The van der Waals surface area contributed by atoms with Crippen LogP contribution in [0.3, 0.4) is 0 Å². The molecule has 0 aliphatic carbocycles. The Hall–Kier alpha value is -1.60. The summed E-state index contributed by atoms with van der Waals surface area (Å²) in [5, 5.41) is 0. The first-order valence-corrected chi connectivity index (χ1v) is 6.44. The second kappa shape index (κ2) is 5.36. The van der Waals surface area contributed by atoms with Crippen molar-refractivity contribution in [1.82, 2.24) is 0 Å². The molecule has 2 rings (SSSR count). The smallest absolute Gasteiger partial charge is 0.0335 e. The maximum Gasteiger partial charge on any atom is 0.0335 e. The molecule has 0 aliphatic heterocycles. The maximum atomic E-state index is 6.30. The summed E-state index contributed by atoms with van der Waals surface area (Å²) in [7, 11) is 0. The summed E-state index contributed by atoms with van der Waals surface area (Å²) in [6, 6.07) is 15.1. The highest BCUT2D eigenvalue weighted by atomic mass is 14.6. The summed E-state index contributed by atoms with van der Waals surface area (Å²) in [6.07, 6.45) is 0.893. The van der Waals surface area contributed by atoms with Crippen LogP contribution in [0.5, 0.6) is 0 Å². The van der Waals surface area contributed by atoms with Gasteiger partial charge in [0.1, 0.15) is 0 Å². The van der Waals surface area contributed by atoms with Crippen molar-refractivity contribution in [3.8, 4) is 0 Å². The standard InChI is InChI=1S/C17H21N/c1-12-5-4-6-15(9-12)11-17(18)16-8-7-13(2)14(3)10-16/h4-10,17H,11,18H2,1-3H3. The molecule has 0 bridgehead atoms. The lowest BCUT2D eigenvalue weighted by Crippen LogP contribution is -2.13. The lowest BCUT2D eigenvalue weighted by atomic mass is 9.96. The highest BCUT2D eigenvalue weighted by Gasteiger charge is 2.08. The number of benzene rings is 2. The van der Waals surface area contributed by atoms with E-state index in [2.05, 4.69) is 63.2 Å². The minimum Gasteiger partial charge on any atom is -0.324 e. The first-order chi connectivity index (χ1) is 8.56. The van der Waals surface area contributed by atoms with Gasteiger partial charge >= 0.3 is 0 Å². The van der Waals surface area contributed by atoms with Gasteiger partial charge in [0.2, 0.25) is 0 Å². The minimum absolute atomic E-state index is 0.0751. The van der Waals surface area contributed by atoms with Gasteiger partial charge in [-0.2, -0.15) is 0 Å². The summed E-state index contributed by atoms with van der Waals surface area (Å²) < 4.78 is 0. The summed E-state index contributed by atoms with van der Waals surface area (Å²) in [6.45, 7) is 6.38. The van der Waals surface area contributed by atoms with E-state index in [0.717, 1.165) is 6.42 Å². The molecule has 1 unspecified atom stereocenters. The van der Waals surface area contributed by atoms with Gasteiger partial charge < -0.3 is 5.73 Å². The van der Waals surface area contributed by atoms with Gasteiger partial charge in [0.05, 0.1) is 0 Å². The Labute approximate surface area is 110 Å². The van der Waals surface area contributed by atoms with Crippen LogP contribution in [0.2, 0.25) is 0 Å². The Balaban J connectivity index is 2.16. The molecule has 0 radical (unpaired) electrons. The summed E-state index contributed by atoms with van der Waals surface area (Å²) in [4.78, 5) is 0. The molecular formula is C17H21N. The molecule has 2 aromatic carbocycles. The fraction of sp³-hybridized carbons (Fsp3) is 0.294. The van der Waals surface area contributed by atoms with Crippen molar-refractivity contribution in [2.75, 3.05) is 0 Å². The van der Waals surface area contributed by atoms with Gasteiger partial charge in [-0.3, -0.25) is 0 Å². The van der Waals surface area contributed by atoms with E-state index in [1.165, 1.54) is 27.8 Å². The second-order valence-corrected chi connectivity index (χ2v) is 5.14. The molecular weight excluding hydrogens is 218 g/mol. The molecule has 0 aliphatic rings. The Morgan fingerprint density at radius 3 is 2.39 bits per heavy atom. The average Bonchev–Trinajstić information content (AvgIpc) is 2.32. The van der Waals surface area contributed by atoms with Crippen LogP contribution >= 0.6 is 0 Å².